The second-order valence-electron chi connectivity index (χ2n) is 4.57. The molecular weight excluding hydrogens is 210 g/mol. The van der Waals surface area contributed by atoms with Crippen LogP contribution in [0.1, 0.15) is 13.3 Å². The molecule has 1 N–H and O–H groups in total. The fourth-order valence-electron chi connectivity index (χ4n) is 2.32. The summed E-state index contributed by atoms with van der Waals surface area (Å²) in [4.78, 5) is 2.31. The number of aliphatic hydroxyl groups is 1. The highest BCUT2D eigenvalue weighted by molar-refractivity contribution is 4.78. The highest BCUT2D eigenvalue weighted by Gasteiger charge is 2.27. The van der Waals surface area contributed by atoms with Crippen molar-refractivity contribution in [3.05, 3.63) is 0 Å². The molecule has 0 aromatic rings. The van der Waals surface area contributed by atoms with Gasteiger partial charge in [0.25, 0.3) is 0 Å². The van der Waals surface area contributed by atoms with Crippen LogP contribution in [-0.4, -0.2) is 68.0 Å². The molecule has 0 spiro atoms. The van der Waals surface area contributed by atoms with Crippen molar-refractivity contribution in [3.63, 3.8) is 0 Å². The van der Waals surface area contributed by atoms with E-state index in [9.17, 15) is 0 Å². The summed E-state index contributed by atoms with van der Waals surface area (Å²) in [5.41, 5.74) is 0. The third kappa shape index (κ3) is 3.40. The second-order valence-corrected chi connectivity index (χ2v) is 4.57. The lowest BCUT2D eigenvalue weighted by atomic mass is 10.1. The average Bonchev–Trinajstić information content (AvgIpc) is 2.29. The minimum absolute atomic E-state index is 0.0522. The molecular formula is C11H21NO4. The number of hydrogen-bond donors (Lipinski definition) is 1. The van der Waals surface area contributed by atoms with E-state index in [0.717, 1.165) is 32.7 Å². The third-order valence-electron chi connectivity index (χ3n) is 3.04. The zero-order valence-corrected chi connectivity index (χ0v) is 9.80. The molecule has 2 rings (SSSR count). The van der Waals surface area contributed by atoms with Crippen LogP contribution >= 0.6 is 0 Å². The summed E-state index contributed by atoms with van der Waals surface area (Å²) in [6.07, 6.45) is 1.35. The van der Waals surface area contributed by atoms with Crippen LogP contribution in [0.2, 0.25) is 0 Å². The number of morpholine rings is 1. The molecule has 16 heavy (non-hydrogen) atoms. The molecule has 0 aromatic carbocycles. The molecule has 0 amide bonds. The van der Waals surface area contributed by atoms with E-state index in [-0.39, 0.29) is 24.9 Å². The largest absolute Gasteiger partial charge is 0.394 e. The highest BCUT2D eigenvalue weighted by atomic mass is 16.7. The lowest BCUT2D eigenvalue weighted by Gasteiger charge is -2.38. The van der Waals surface area contributed by atoms with Crippen molar-refractivity contribution in [2.24, 2.45) is 0 Å². The molecule has 2 saturated heterocycles. The van der Waals surface area contributed by atoms with Crippen LogP contribution < -0.4 is 0 Å². The maximum atomic E-state index is 9.13. The lowest BCUT2D eigenvalue weighted by molar-refractivity contribution is -0.157. The number of nitrogens with zero attached hydrogens (tertiary/aromatic N) is 1. The quantitative estimate of drug-likeness (QED) is 0.731. The number of rotatable bonds is 3. The molecule has 0 saturated carbocycles. The summed E-state index contributed by atoms with van der Waals surface area (Å²) in [7, 11) is 0. The first-order valence-electron chi connectivity index (χ1n) is 5.96. The zero-order chi connectivity index (χ0) is 11.4. The van der Waals surface area contributed by atoms with E-state index < -0.39 is 0 Å². The van der Waals surface area contributed by atoms with Crippen molar-refractivity contribution in [1.82, 2.24) is 4.90 Å². The van der Waals surface area contributed by atoms with Crippen LogP contribution in [0.4, 0.5) is 0 Å². The lowest BCUT2D eigenvalue weighted by Crippen LogP contribution is -2.50. The average molecular weight is 231 g/mol. The number of ether oxygens (including phenoxy) is 3. The molecule has 3 atom stereocenters. The van der Waals surface area contributed by atoms with E-state index in [0.29, 0.717) is 6.79 Å². The predicted molar refractivity (Wildman–Crippen MR) is 58.2 cm³/mol. The molecule has 0 radical (unpaired) electrons. The first-order valence-corrected chi connectivity index (χ1v) is 5.96. The summed E-state index contributed by atoms with van der Waals surface area (Å²) < 4.78 is 16.3. The topological polar surface area (TPSA) is 51.2 Å². The van der Waals surface area contributed by atoms with Gasteiger partial charge in [0.1, 0.15) is 6.79 Å². The number of hydrogen-bond acceptors (Lipinski definition) is 5. The number of aliphatic hydroxyl groups excluding tert-OH is 1. The van der Waals surface area contributed by atoms with Gasteiger partial charge in [-0.25, -0.2) is 0 Å². The van der Waals surface area contributed by atoms with Crippen LogP contribution in [0.5, 0.6) is 0 Å². The minimum atomic E-state index is -0.0522. The van der Waals surface area contributed by atoms with Crippen molar-refractivity contribution < 1.29 is 19.3 Å². The molecule has 2 aliphatic heterocycles. The Kier molecular flexibility index (Phi) is 4.55. The fraction of sp³-hybridized carbons (Fsp3) is 1.00. The van der Waals surface area contributed by atoms with Gasteiger partial charge in [0.05, 0.1) is 31.5 Å². The van der Waals surface area contributed by atoms with Crippen molar-refractivity contribution in [3.8, 4) is 0 Å². The maximum absolute atomic E-state index is 9.13. The molecule has 0 bridgehead atoms. The summed E-state index contributed by atoms with van der Waals surface area (Å²) in [5, 5.41) is 9.13. The smallest absolute Gasteiger partial charge is 0.147 e. The van der Waals surface area contributed by atoms with Gasteiger partial charge in [-0.3, -0.25) is 4.90 Å². The molecule has 94 valence electrons. The van der Waals surface area contributed by atoms with Crippen molar-refractivity contribution in [1.29, 1.82) is 0 Å². The van der Waals surface area contributed by atoms with Gasteiger partial charge in [-0.05, 0) is 13.3 Å². The van der Waals surface area contributed by atoms with Gasteiger partial charge >= 0.3 is 0 Å². The molecule has 2 fully saturated rings. The molecule has 3 unspecified atom stereocenters. The Bertz CT molecular complexity index is 208. The Morgan fingerprint density at radius 3 is 2.88 bits per heavy atom. The Labute approximate surface area is 96.3 Å². The first-order chi connectivity index (χ1) is 7.78. The van der Waals surface area contributed by atoms with Gasteiger partial charge in [0.15, 0.2) is 0 Å². The van der Waals surface area contributed by atoms with Crippen LogP contribution in [-0.2, 0) is 14.2 Å². The molecule has 5 heteroatoms. The van der Waals surface area contributed by atoms with Crippen molar-refractivity contribution >= 4 is 0 Å². The molecule has 2 aliphatic rings. The van der Waals surface area contributed by atoms with Gasteiger partial charge in [-0.15, -0.1) is 0 Å². The van der Waals surface area contributed by atoms with Gasteiger partial charge in [0.2, 0.25) is 0 Å². The predicted octanol–water partition coefficient (Wildman–Crippen LogP) is -0.169. The Balaban J connectivity index is 1.78. The second kappa shape index (κ2) is 5.93. The van der Waals surface area contributed by atoms with Gasteiger partial charge in [-0.2, -0.15) is 0 Å². The van der Waals surface area contributed by atoms with Crippen molar-refractivity contribution in [2.45, 2.75) is 31.7 Å². The van der Waals surface area contributed by atoms with Gasteiger partial charge < -0.3 is 19.3 Å². The van der Waals surface area contributed by atoms with E-state index in [1.807, 2.05) is 6.92 Å². The third-order valence-corrected chi connectivity index (χ3v) is 3.04. The maximum Gasteiger partial charge on any atom is 0.147 e. The van der Waals surface area contributed by atoms with Crippen LogP contribution in [0.3, 0.4) is 0 Å². The highest BCUT2D eigenvalue weighted by Crippen LogP contribution is 2.14. The summed E-state index contributed by atoms with van der Waals surface area (Å²) >= 11 is 0. The molecule has 0 aromatic heterocycles. The van der Waals surface area contributed by atoms with Gasteiger partial charge in [0, 0.05) is 19.6 Å². The van der Waals surface area contributed by atoms with Crippen LogP contribution in [0.15, 0.2) is 0 Å². The Hall–Kier alpha value is -0.200. The summed E-state index contributed by atoms with van der Waals surface area (Å²) in [6, 6.07) is 0. The SMILES string of the molecule is CC1CN(CC2CCOCO2)CC(CO)O1. The van der Waals surface area contributed by atoms with E-state index in [1.54, 1.807) is 0 Å². The summed E-state index contributed by atoms with van der Waals surface area (Å²) in [5.74, 6) is 0. The standard InChI is InChI=1S/C11H21NO4/c1-9-4-12(6-11(7-13)16-9)5-10-2-3-14-8-15-10/h9-11,13H,2-8H2,1H3. The molecule has 0 aliphatic carbocycles. The van der Waals surface area contributed by atoms with Crippen LogP contribution in [0.25, 0.3) is 0 Å². The fourth-order valence-corrected chi connectivity index (χ4v) is 2.32. The monoisotopic (exact) mass is 231 g/mol. The van der Waals surface area contributed by atoms with Crippen molar-refractivity contribution in [2.75, 3.05) is 39.6 Å². The molecule has 5 nitrogen and oxygen atoms in total. The minimum Gasteiger partial charge on any atom is -0.394 e. The summed E-state index contributed by atoms with van der Waals surface area (Å²) in [6.45, 7) is 5.95. The zero-order valence-electron chi connectivity index (χ0n) is 9.80. The first kappa shape index (κ1) is 12.3. The normalized spacial score (nSPS) is 37.5. The van der Waals surface area contributed by atoms with E-state index >= 15 is 0 Å². The van der Waals surface area contributed by atoms with Crippen LogP contribution in [0, 0.1) is 0 Å². The van der Waals surface area contributed by atoms with E-state index in [4.69, 9.17) is 19.3 Å². The Morgan fingerprint density at radius 1 is 1.31 bits per heavy atom. The van der Waals surface area contributed by atoms with E-state index in [1.165, 1.54) is 0 Å². The van der Waals surface area contributed by atoms with E-state index in [2.05, 4.69) is 4.90 Å². The van der Waals surface area contributed by atoms with Gasteiger partial charge in [-0.1, -0.05) is 0 Å². The molecule has 2 heterocycles. The Morgan fingerprint density at radius 2 is 2.19 bits per heavy atom.